The van der Waals surface area contributed by atoms with Crippen LogP contribution in [0.5, 0.6) is 0 Å². The zero-order chi connectivity index (χ0) is 8.58. The van der Waals surface area contributed by atoms with Gasteiger partial charge in [-0.15, -0.1) is 0 Å². The molecule has 0 aromatic carbocycles. The minimum Gasteiger partial charge on any atom is -0.387 e. The third-order valence-corrected chi connectivity index (χ3v) is 2.75. The zero-order valence-corrected chi connectivity index (χ0v) is 7.97. The van der Waals surface area contributed by atoms with Crippen molar-refractivity contribution in [3.8, 4) is 0 Å². The van der Waals surface area contributed by atoms with Crippen molar-refractivity contribution in [2.75, 3.05) is 21.1 Å². The van der Waals surface area contributed by atoms with Gasteiger partial charge in [-0.3, -0.25) is 0 Å². The molecule has 0 spiro atoms. The summed E-state index contributed by atoms with van der Waals surface area (Å²) >= 11 is 0. The van der Waals surface area contributed by atoms with E-state index in [9.17, 15) is 5.11 Å². The number of nitrogens with zero attached hydrogens (tertiary/aromatic N) is 1. The highest BCUT2D eigenvalue weighted by Crippen LogP contribution is 2.21. The molecule has 1 N–H and O–H groups in total. The molecule has 0 bridgehead atoms. The number of hydrogen-bond donors (Lipinski definition) is 1. The summed E-state index contributed by atoms with van der Waals surface area (Å²) in [5.41, 5.74) is -0.0694. The lowest BCUT2D eigenvalue weighted by molar-refractivity contribution is -0.923. The quantitative estimate of drug-likeness (QED) is 0.573. The molecular formula is C8H20NO+. The van der Waals surface area contributed by atoms with Crippen molar-refractivity contribution in [1.29, 1.82) is 0 Å². The van der Waals surface area contributed by atoms with Gasteiger partial charge in [-0.25, -0.2) is 0 Å². The van der Waals surface area contributed by atoms with E-state index in [-0.39, 0.29) is 11.6 Å². The Kier molecular flexibility index (Phi) is 2.49. The Balaban J connectivity index is 4.40. The number of hydrogen-bond acceptors (Lipinski definition) is 1. The summed E-state index contributed by atoms with van der Waals surface area (Å²) in [6, 6.07) is 0. The summed E-state index contributed by atoms with van der Waals surface area (Å²) in [6.45, 7) is 5.97. The lowest BCUT2D eigenvalue weighted by Crippen LogP contribution is -2.58. The first kappa shape index (κ1) is 9.92. The molecule has 0 aromatic heterocycles. The van der Waals surface area contributed by atoms with E-state index in [1.807, 2.05) is 6.92 Å². The molecule has 62 valence electrons. The van der Waals surface area contributed by atoms with Gasteiger partial charge >= 0.3 is 0 Å². The number of rotatable bonds is 2. The highest BCUT2D eigenvalue weighted by Gasteiger charge is 2.37. The third kappa shape index (κ3) is 1.70. The first-order chi connectivity index (χ1) is 4.19. The molecule has 0 fully saturated rings. The fraction of sp³-hybridized carbons (Fsp3) is 1.00. The van der Waals surface area contributed by atoms with E-state index in [1.54, 1.807) is 0 Å². The van der Waals surface area contributed by atoms with E-state index in [0.717, 1.165) is 4.48 Å². The maximum Gasteiger partial charge on any atom is 0.119 e. The topological polar surface area (TPSA) is 20.2 Å². The number of likely N-dealkylation sites (N-methyl/N-ethyl adjacent to an activating group) is 1. The first-order valence-electron chi connectivity index (χ1n) is 3.69. The average molecular weight is 146 g/mol. The lowest BCUT2D eigenvalue weighted by atomic mass is 9.95. The second-order valence-electron chi connectivity index (χ2n) is 4.34. The Labute approximate surface area is 64.1 Å². The summed E-state index contributed by atoms with van der Waals surface area (Å²) < 4.78 is 0.782. The van der Waals surface area contributed by atoms with E-state index >= 15 is 0 Å². The minimum atomic E-state index is -0.271. The molecule has 0 radical (unpaired) electrons. The molecule has 0 amide bonds. The summed E-state index contributed by atoms with van der Waals surface area (Å²) in [5, 5.41) is 9.40. The van der Waals surface area contributed by atoms with Crippen molar-refractivity contribution in [3.05, 3.63) is 0 Å². The van der Waals surface area contributed by atoms with Gasteiger partial charge in [0, 0.05) is 0 Å². The second kappa shape index (κ2) is 2.51. The van der Waals surface area contributed by atoms with Crippen molar-refractivity contribution >= 4 is 0 Å². The standard InChI is InChI=1S/C8H20NO/c1-7(10)8(2,3)9(4,5)6/h7,10H,1-6H3/q+1. The van der Waals surface area contributed by atoms with Crippen LogP contribution in [0.4, 0.5) is 0 Å². The van der Waals surface area contributed by atoms with Crippen molar-refractivity contribution in [3.63, 3.8) is 0 Å². The molecule has 0 aliphatic carbocycles. The van der Waals surface area contributed by atoms with Gasteiger partial charge in [0.2, 0.25) is 0 Å². The van der Waals surface area contributed by atoms with Crippen LogP contribution in [0.15, 0.2) is 0 Å². The van der Waals surface area contributed by atoms with Gasteiger partial charge in [-0.1, -0.05) is 0 Å². The van der Waals surface area contributed by atoms with Crippen LogP contribution in [0.3, 0.4) is 0 Å². The monoisotopic (exact) mass is 146 g/mol. The van der Waals surface area contributed by atoms with Crippen LogP contribution in [0.25, 0.3) is 0 Å². The predicted octanol–water partition coefficient (Wildman–Crippen LogP) is 0.852. The largest absolute Gasteiger partial charge is 0.387 e. The average Bonchev–Trinajstić information content (AvgIpc) is 1.62. The Morgan fingerprint density at radius 3 is 1.50 bits per heavy atom. The zero-order valence-electron chi connectivity index (χ0n) is 7.97. The van der Waals surface area contributed by atoms with Crippen LogP contribution >= 0.6 is 0 Å². The predicted molar refractivity (Wildman–Crippen MR) is 43.8 cm³/mol. The van der Waals surface area contributed by atoms with Gasteiger partial charge in [-0.2, -0.15) is 0 Å². The fourth-order valence-corrected chi connectivity index (χ4v) is 0.561. The van der Waals surface area contributed by atoms with Gasteiger partial charge < -0.3 is 9.59 Å². The molecule has 1 atom stereocenters. The molecule has 2 nitrogen and oxygen atoms in total. The molecule has 0 aromatic rings. The maximum absolute atomic E-state index is 9.40. The number of aliphatic hydroxyl groups excluding tert-OH is 1. The Bertz CT molecular complexity index is 111. The maximum atomic E-state index is 9.40. The van der Waals surface area contributed by atoms with Crippen molar-refractivity contribution < 1.29 is 9.59 Å². The molecule has 0 saturated carbocycles. The second-order valence-corrected chi connectivity index (χ2v) is 4.34. The van der Waals surface area contributed by atoms with E-state index in [2.05, 4.69) is 35.0 Å². The number of quaternary nitrogens is 1. The number of aliphatic hydroxyl groups is 1. The molecule has 2 heteroatoms. The van der Waals surface area contributed by atoms with E-state index in [4.69, 9.17) is 0 Å². The van der Waals surface area contributed by atoms with Crippen LogP contribution in [0, 0.1) is 0 Å². The molecule has 0 rings (SSSR count). The summed E-state index contributed by atoms with van der Waals surface area (Å²) in [4.78, 5) is 0. The van der Waals surface area contributed by atoms with E-state index in [1.165, 1.54) is 0 Å². The van der Waals surface area contributed by atoms with Crippen molar-refractivity contribution in [2.24, 2.45) is 0 Å². The minimum absolute atomic E-state index is 0.0694. The van der Waals surface area contributed by atoms with Crippen LogP contribution in [0.2, 0.25) is 0 Å². The third-order valence-electron chi connectivity index (χ3n) is 2.75. The van der Waals surface area contributed by atoms with Gasteiger partial charge in [0.1, 0.15) is 11.6 Å². The molecule has 0 saturated heterocycles. The Morgan fingerprint density at radius 2 is 1.50 bits per heavy atom. The summed E-state index contributed by atoms with van der Waals surface area (Å²) in [7, 11) is 6.27. The van der Waals surface area contributed by atoms with Crippen molar-refractivity contribution in [2.45, 2.75) is 32.4 Å². The summed E-state index contributed by atoms with van der Waals surface area (Å²) in [5.74, 6) is 0. The SMILES string of the molecule is CC(O)C(C)(C)[N+](C)(C)C. The molecule has 0 aliphatic heterocycles. The molecular weight excluding hydrogens is 126 g/mol. The Morgan fingerprint density at radius 1 is 1.20 bits per heavy atom. The summed E-state index contributed by atoms with van der Waals surface area (Å²) in [6.07, 6.45) is -0.271. The van der Waals surface area contributed by atoms with Gasteiger partial charge in [0.05, 0.1) is 21.1 Å². The molecule has 1 unspecified atom stereocenters. The van der Waals surface area contributed by atoms with Gasteiger partial charge in [0.15, 0.2) is 0 Å². The van der Waals surface area contributed by atoms with Crippen LogP contribution < -0.4 is 0 Å². The fourth-order valence-electron chi connectivity index (χ4n) is 0.561. The smallest absolute Gasteiger partial charge is 0.119 e. The first-order valence-corrected chi connectivity index (χ1v) is 3.69. The van der Waals surface area contributed by atoms with Crippen molar-refractivity contribution in [1.82, 2.24) is 0 Å². The van der Waals surface area contributed by atoms with Gasteiger partial charge in [0.25, 0.3) is 0 Å². The van der Waals surface area contributed by atoms with Gasteiger partial charge in [-0.05, 0) is 20.8 Å². The van der Waals surface area contributed by atoms with Crippen LogP contribution in [-0.4, -0.2) is 42.4 Å². The highest BCUT2D eigenvalue weighted by molar-refractivity contribution is 4.74. The van der Waals surface area contributed by atoms with Crippen LogP contribution in [-0.2, 0) is 0 Å². The van der Waals surface area contributed by atoms with E-state index in [0.29, 0.717) is 0 Å². The molecule has 0 heterocycles. The Hall–Kier alpha value is -0.0800. The molecule has 10 heavy (non-hydrogen) atoms. The normalized spacial score (nSPS) is 17.1. The molecule has 0 aliphatic rings. The van der Waals surface area contributed by atoms with Crippen LogP contribution in [0.1, 0.15) is 20.8 Å². The van der Waals surface area contributed by atoms with E-state index < -0.39 is 0 Å². The highest BCUT2D eigenvalue weighted by atomic mass is 16.3. The lowest BCUT2D eigenvalue weighted by Gasteiger charge is -2.43.